The Balaban J connectivity index is 0.000000108. The molecule has 9 heterocycles. The van der Waals surface area contributed by atoms with E-state index in [1.807, 2.05) is 47.7 Å². The van der Waals surface area contributed by atoms with Crippen LogP contribution in [-0.4, -0.2) is 88.0 Å². The van der Waals surface area contributed by atoms with Crippen LogP contribution in [0.4, 0.5) is 0 Å². The number of fused-ring (bicyclic) bond motifs is 15. The van der Waals surface area contributed by atoms with Crippen LogP contribution in [0.25, 0.3) is 97.7 Å². The maximum atomic E-state index is 5.66. The van der Waals surface area contributed by atoms with E-state index in [4.69, 9.17) is 38.4 Å². The van der Waals surface area contributed by atoms with Crippen molar-refractivity contribution < 1.29 is 28.4 Å². The highest BCUT2D eigenvalue weighted by Gasteiger charge is 2.27. The highest BCUT2D eigenvalue weighted by Crippen LogP contribution is 2.41. The maximum absolute atomic E-state index is 5.66. The summed E-state index contributed by atoms with van der Waals surface area (Å²) in [5.41, 5.74) is 11.5. The Morgan fingerprint density at radius 1 is 0.297 bits per heavy atom. The monoisotopic (exact) mass is 1370 g/mol. The largest absolute Gasteiger partial charge is 0.486 e. The van der Waals surface area contributed by atoms with Gasteiger partial charge in [-0.3, -0.25) is 0 Å². The molecular weight excluding hydrogens is 1280 g/mol. The van der Waals surface area contributed by atoms with Gasteiger partial charge in [0.1, 0.15) is 61.1 Å². The van der Waals surface area contributed by atoms with Gasteiger partial charge in [0.2, 0.25) is 6.79 Å². The molecule has 5 N–H and O–H groups in total. The van der Waals surface area contributed by atoms with Gasteiger partial charge in [-0.2, -0.15) is 0 Å². The van der Waals surface area contributed by atoms with Gasteiger partial charge in [-0.25, -0.2) is 29.9 Å². The van der Waals surface area contributed by atoms with Crippen molar-refractivity contribution in [3.8, 4) is 34.5 Å². The second-order valence-electron chi connectivity index (χ2n) is 32.2. The van der Waals surface area contributed by atoms with Gasteiger partial charge in [0.15, 0.2) is 34.5 Å². The molecule has 0 atom stereocenters. The Bertz CT molecular complexity index is 5240. The third-order valence-corrected chi connectivity index (χ3v) is 18.9. The first-order valence-electron chi connectivity index (χ1n) is 34.7. The molecule has 3 aliphatic heterocycles. The van der Waals surface area contributed by atoms with Crippen molar-refractivity contribution in [1.29, 1.82) is 0 Å². The predicted octanol–water partition coefficient (Wildman–Crippen LogP) is 20.6. The quantitative estimate of drug-likeness (QED) is 0.0960. The van der Waals surface area contributed by atoms with Crippen LogP contribution in [0, 0.1) is 0 Å². The Hall–Kier alpha value is -10.2. The summed E-state index contributed by atoms with van der Waals surface area (Å²) in [5, 5.41) is 8.70. The Morgan fingerprint density at radius 3 is 1.20 bits per heavy atom. The Labute approximate surface area is 593 Å². The number of H-pyrrole nitrogens is 5. The summed E-state index contributed by atoms with van der Waals surface area (Å²) in [6, 6.07) is 49.9. The molecule has 0 aliphatic carbocycles. The number of nitrogens with zero attached hydrogens (tertiary/aromatic N) is 6. The van der Waals surface area contributed by atoms with Crippen LogP contribution in [0.5, 0.6) is 34.5 Å². The summed E-state index contributed by atoms with van der Waals surface area (Å²) in [7, 11) is 0. The number of thiazole rings is 1. The molecule has 6 aromatic heterocycles. The molecule has 0 spiro atoms. The molecule has 0 radical (unpaired) electrons. The average molecular weight is 1370 g/mol. The first kappa shape index (κ1) is 69.3. The molecule has 522 valence electrons. The fourth-order valence-electron chi connectivity index (χ4n) is 11.7. The number of ether oxygens (including phenoxy) is 6. The normalized spacial score (nSPS) is 13.7. The van der Waals surface area contributed by atoms with Gasteiger partial charge in [0.05, 0.1) is 64.9 Å². The van der Waals surface area contributed by atoms with Gasteiger partial charge in [-0.15, -0.1) is 11.3 Å². The molecule has 18 heteroatoms. The minimum Gasteiger partial charge on any atom is -0.486 e. The third kappa shape index (κ3) is 15.1. The highest BCUT2D eigenvalue weighted by molar-refractivity contribution is 7.18. The summed E-state index contributed by atoms with van der Waals surface area (Å²) < 4.78 is 34.2. The van der Waals surface area contributed by atoms with Crippen molar-refractivity contribution >= 4 is 109 Å². The van der Waals surface area contributed by atoms with E-state index in [1.165, 1.54) is 42.0 Å². The molecule has 0 amide bonds. The summed E-state index contributed by atoms with van der Waals surface area (Å²) in [4.78, 5) is 44.9. The van der Waals surface area contributed by atoms with E-state index >= 15 is 0 Å². The van der Waals surface area contributed by atoms with Crippen LogP contribution in [-0.2, 0) is 32.5 Å². The minimum atomic E-state index is 0.00142. The molecule has 9 aromatic carbocycles. The fraction of sp³-hybridized carbons (Fsp3) is 0.349. The summed E-state index contributed by atoms with van der Waals surface area (Å²) in [5.74, 6) is 9.72. The van der Waals surface area contributed by atoms with Crippen molar-refractivity contribution in [3.63, 3.8) is 0 Å². The number of nitrogens with one attached hydrogen (secondary N) is 5. The maximum Gasteiger partial charge on any atom is 0.231 e. The van der Waals surface area contributed by atoms with Gasteiger partial charge >= 0.3 is 0 Å². The van der Waals surface area contributed by atoms with Crippen LogP contribution >= 0.6 is 11.3 Å². The van der Waals surface area contributed by atoms with Crippen LogP contribution < -0.4 is 28.4 Å². The SMILES string of the molecule is CC(C)(C)c1nc2c(ccc3ccccc32)[nH]1.CC(C)(C)c1nc2c(ccc3ccccc32)s1.CC(C)(C)c1nc2c3c(ccc2[nH]1)OCCO3.CC(C)(C)c1nc2cc3c(cc2[nH]1)OCCO3.CC(C)(C)c1nc2cc3c(cc2[nH]1)OCO3.CC(C)(C)c1nc2cc3ccccc3cc2[nH]1. The first-order valence-corrected chi connectivity index (χ1v) is 35.5. The number of aromatic nitrogens is 11. The zero-order chi connectivity index (χ0) is 71.6. The predicted molar refractivity (Wildman–Crippen MR) is 413 cm³/mol. The molecule has 0 saturated carbocycles. The van der Waals surface area contributed by atoms with E-state index < -0.39 is 0 Å². The van der Waals surface area contributed by atoms with Gasteiger partial charge < -0.3 is 53.3 Å². The van der Waals surface area contributed by atoms with Crippen molar-refractivity contribution in [3.05, 3.63) is 180 Å². The second kappa shape index (κ2) is 26.7. The Kier molecular flexibility index (Phi) is 18.3. The molecule has 17 nitrogen and oxygen atoms in total. The van der Waals surface area contributed by atoms with E-state index in [0.717, 1.165) is 124 Å². The van der Waals surface area contributed by atoms with E-state index in [0.29, 0.717) is 33.2 Å². The molecule has 18 rings (SSSR count). The summed E-state index contributed by atoms with van der Waals surface area (Å²) in [6.45, 7) is 41.6. The van der Waals surface area contributed by atoms with Crippen LogP contribution in [0.2, 0.25) is 0 Å². The van der Waals surface area contributed by atoms with Crippen LogP contribution in [0.3, 0.4) is 0 Å². The van der Waals surface area contributed by atoms with Crippen molar-refractivity contribution in [1.82, 2.24) is 54.8 Å². The van der Waals surface area contributed by atoms with Crippen LogP contribution in [0.15, 0.2) is 146 Å². The van der Waals surface area contributed by atoms with E-state index in [2.05, 4.69) is 279 Å². The van der Waals surface area contributed by atoms with Gasteiger partial charge in [0, 0.05) is 67.5 Å². The van der Waals surface area contributed by atoms with Crippen molar-refractivity contribution in [2.24, 2.45) is 0 Å². The lowest BCUT2D eigenvalue weighted by molar-refractivity contribution is 0.172. The molecule has 15 aromatic rings. The topological polar surface area (TPSA) is 212 Å². The minimum absolute atomic E-state index is 0.00142. The molecule has 3 aliphatic rings. The van der Waals surface area contributed by atoms with Gasteiger partial charge in [-0.1, -0.05) is 210 Å². The number of aromatic amines is 5. The van der Waals surface area contributed by atoms with E-state index in [9.17, 15) is 0 Å². The molecule has 0 fully saturated rings. The smallest absolute Gasteiger partial charge is 0.231 e. The molecule has 0 unspecified atom stereocenters. The average Bonchev–Trinajstić information content (AvgIpc) is 1.71. The number of benzene rings is 9. The van der Waals surface area contributed by atoms with Crippen molar-refractivity contribution in [2.45, 2.75) is 157 Å². The molecule has 0 saturated heterocycles. The Morgan fingerprint density at radius 2 is 0.673 bits per heavy atom. The second-order valence-corrected chi connectivity index (χ2v) is 33.2. The zero-order valence-corrected chi connectivity index (χ0v) is 62.2. The zero-order valence-electron chi connectivity index (χ0n) is 61.4. The number of rotatable bonds is 0. The van der Waals surface area contributed by atoms with Crippen LogP contribution in [0.1, 0.15) is 159 Å². The lowest BCUT2D eigenvalue weighted by Crippen LogP contribution is -2.15. The summed E-state index contributed by atoms with van der Waals surface area (Å²) in [6.07, 6.45) is 0. The third-order valence-electron chi connectivity index (χ3n) is 17.5. The fourth-order valence-corrected chi connectivity index (χ4v) is 12.8. The van der Waals surface area contributed by atoms with E-state index in [-0.39, 0.29) is 32.5 Å². The lowest BCUT2D eigenvalue weighted by atomic mass is 9.96. The van der Waals surface area contributed by atoms with E-state index in [1.54, 1.807) is 0 Å². The van der Waals surface area contributed by atoms with Gasteiger partial charge in [-0.05, 0) is 57.9 Å². The summed E-state index contributed by atoms with van der Waals surface area (Å²) >= 11 is 1.81. The van der Waals surface area contributed by atoms with Crippen molar-refractivity contribution in [2.75, 3.05) is 33.2 Å². The number of imidazole rings is 5. The molecular formula is C83H93N11O6S. The first-order chi connectivity index (χ1) is 47.8. The molecule has 0 bridgehead atoms. The number of hydrogen-bond donors (Lipinski definition) is 5. The van der Waals surface area contributed by atoms with Gasteiger partial charge in [0.25, 0.3) is 0 Å². The highest BCUT2D eigenvalue weighted by atomic mass is 32.1. The lowest BCUT2D eigenvalue weighted by Gasteiger charge is -2.18. The number of hydrogen-bond acceptors (Lipinski definition) is 13. The standard InChI is InChI=1S/2C15H16N2.C15H15NS.2C13H16N2O2.C12H14N2O2/c1-15(2,3)14-16-12-8-10-6-4-5-7-11(10)9-13(12)17-14;1-15(2,3)14-16-12-9-8-10-6-4-5-7-11(10)13(12)17-14;1-15(2,3)14-16-13-11-7-5-4-6-10(11)8-9-12(13)17-14;1-13(2,3)12-14-8-6-10-11(7-9(8)15-12)17-5-4-16-10;1-13(2,3)12-14-8-4-5-9-11(10(8)15-12)17-7-6-16-9;1-12(2,3)11-13-7-4-9-10(16-6-15-9)5-8(7)14-11/h2*4-9H,1-3H3,(H,16,17);4-9H,1-3H3;6-7H,4-5H2,1-3H3,(H,14,15);4-5H,6-7H2,1-3H3,(H,14,15);4-5H,6H2,1-3H3,(H,13,14). The molecule has 101 heavy (non-hydrogen) atoms.